The molecular weight excluding hydrogens is 527 g/mol. The van der Waals surface area contributed by atoms with Gasteiger partial charge in [0.05, 0.1) is 41.5 Å². The van der Waals surface area contributed by atoms with Crippen LogP contribution in [0.5, 0.6) is 5.75 Å². The molecule has 0 bridgehead atoms. The van der Waals surface area contributed by atoms with Gasteiger partial charge in [0.15, 0.2) is 0 Å². The summed E-state index contributed by atoms with van der Waals surface area (Å²) in [7, 11) is 0. The number of Topliss-reactive ketones (excluding diaryl/α,β-unsaturated/α-hetero) is 1. The number of hydrogen-bond acceptors (Lipinski definition) is 6. The lowest BCUT2D eigenvalue weighted by Crippen LogP contribution is -2.38. The van der Waals surface area contributed by atoms with Crippen LogP contribution < -0.4 is 4.74 Å². The van der Waals surface area contributed by atoms with Crippen molar-refractivity contribution in [1.29, 1.82) is 0 Å². The van der Waals surface area contributed by atoms with Crippen molar-refractivity contribution in [2.24, 2.45) is 5.92 Å². The highest BCUT2D eigenvalue weighted by atomic mass is 35.5. The molecule has 0 saturated carbocycles. The summed E-state index contributed by atoms with van der Waals surface area (Å²) in [5.41, 5.74) is 1.91. The zero-order chi connectivity index (χ0) is 27.4. The zero-order valence-corrected chi connectivity index (χ0v) is 23.5. The van der Waals surface area contributed by atoms with Crippen molar-refractivity contribution in [3.63, 3.8) is 0 Å². The zero-order valence-electron chi connectivity index (χ0n) is 22.0. The molecule has 1 amide bonds. The van der Waals surface area contributed by atoms with Crippen molar-refractivity contribution in [2.75, 3.05) is 46.0 Å². The summed E-state index contributed by atoms with van der Waals surface area (Å²) in [5.74, 6) is -0.512. The van der Waals surface area contributed by atoms with Crippen molar-refractivity contribution in [1.82, 2.24) is 9.80 Å². The van der Waals surface area contributed by atoms with Gasteiger partial charge >= 0.3 is 0 Å². The molecule has 7 nitrogen and oxygen atoms in total. The minimum Gasteiger partial charge on any atom is -0.507 e. The van der Waals surface area contributed by atoms with Crippen LogP contribution in [-0.2, 0) is 14.3 Å². The third-order valence-electron chi connectivity index (χ3n) is 6.80. The Kier molecular flexibility index (Phi) is 9.36. The smallest absolute Gasteiger partial charge is 0.295 e. The average molecular weight is 562 g/mol. The fraction of sp³-hybridized carbons (Fsp3) is 0.448. The molecule has 4 rings (SSSR count). The predicted octanol–water partition coefficient (Wildman–Crippen LogP) is 5.48. The van der Waals surface area contributed by atoms with E-state index in [0.717, 1.165) is 25.2 Å². The molecule has 0 aromatic heterocycles. The third-order valence-corrected chi connectivity index (χ3v) is 7.54. The summed E-state index contributed by atoms with van der Waals surface area (Å²) >= 11 is 12.5. The monoisotopic (exact) mass is 560 g/mol. The highest BCUT2D eigenvalue weighted by molar-refractivity contribution is 6.46. The van der Waals surface area contributed by atoms with Crippen LogP contribution in [0.4, 0.5) is 0 Å². The van der Waals surface area contributed by atoms with Crippen LogP contribution in [0.25, 0.3) is 5.76 Å². The summed E-state index contributed by atoms with van der Waals surface area (Å²) in [6.07, 6.45) is 0.672. The second-order valence-corrected chi connectivity index (χ2v) is 11.0. The first kappa shape index (κ1) is 28.4. The number of morpholine rings is 1. The molecule has 1 unspecified atom stereocenters. The Morgan fingerprint density at radius 1 is 1.08 bits per heavy atom. The highest BCUT2D eigenvalue weighted by Crippen LogP contribution is 2.41. The molecule has 38 heavy (non-hydrogen) atoms. The quantitative estimate of drug-likeness (QED) is 0.248. The number of likely N-dealkylation sites (tertiary alicyclic amines) is 1. The van der Waals surface area contributed by atoms with Crippen LogP contribution in [0, 0.1) is 12.8 Å². The Hall–Kier alpha value is -2.58. The summed E-state index contributed by atoms with van der Waals surface area (Å²) in [6.45, 7) is 10.8. The summed E-state index contributed by atoms with van der Waals surface area (Å²) in [5, 5.41) is 12.1. The summed E-state index contributed by atoms with van der Waals surface area (Å²) in [6, 6.07) is 9.49. The topological polar surface area (TPSA) is 79.3 Å². The number of amides is 1. The molecule has 1 atom stereocenters. The maximum absolute atomic E-state index is 13.3. The number of aliphatic hydroxyl groups is 1. The summed E-state index contributed by atoms with van der Waals surface area (Å²) < 4.78 is 11.3. The number of hydrogen-bond donors (Lipinski definition) is 1. The number of carbonyl (C=O) groups excluding carboxylic acids is 2. The first-order chi connectivity index (χ1) is 18.2. The fourth-order valence-corrected chi connectivity index (χ4v) is 5.11. The Labute approximate surface area is 233 Å². The van der Waals surface area contributed by atoms with E-state index in [1.165, 1.54) is 4.90 Å². The maximum Gasteiger partial charge on any atom is 0.295 e. The van der Waals surface area contributed by atoms with E-state index in [2.05, 4.69) is 18.7 Å². The lowest BCUT2D eigenvalue weighted by Gasteiger charge is -2.29. The molecule has 0 aliphatic carbocycles. The van der Waals surface area contributed by atoms with Crippen LogP contribution in [-0.4, -0.2) is 72.6 Å². The molecule has 9 heteroatoms. The van der Waals surface area contributed by atoms with E-state index in [9.17, 15) is 14.7 Å². The van der Waals surface area contributed by atoms with E-state index in [1.807, 2.05) is 6.92 Å². The fourth-order valence-electron chi connectivity index (χ4n) is 4.80. The van der Waals surface area contributed by atoms with E-state index in [1.54, 1.807) is 36.4 Å². The minimum atomic E-state index is -0.786. The van der Waals surface area contributed by atoms with Gasteiger partial charge in [-0.25, -0.2) is 0 Å². The standard InChI is InChI=1S/C29H34Cl2N2O5/c1-18(2)17-38-24-8-6-21(15-19(24)3)27(34)25-26(20-5-7-22(30)23(31)16-20)33(29(36)28(25)35)10-4-9-32-11-13-37-14-12-32/h5-8,15-16,18,26,34H,4,9-14,17H2,1-3H3/b27-25-. The number of nitrogens with zero attached hydrogens (tertiary/aromatic N) is 2. The van der Waals surface area contributed by atoms with Gasteiger partial charge in [-0.15, -0.1) is 0 Å². The third kappa shape index (κ3) is 6.34. The van der Waals surface area contributed by atoms with E-state index < -0.39 is 17.7 Å². The molecule has 2 saturated heterocycles. The minimum absolute atomic E-state index is 0.0370. The van der Waals surface area contributed by atoms with Crippen LogP contribution in [0.3, 0.4) is 0 Å². The van der Waals surface area contributed by atoms with Crippen molar-refractivity contribution >= 4 is 40.7 Å². The molecule has 2 aromatic carbocycles. The van der Waals surface area contributed by atoms with Gasteiger partial charge in [0.25, 0.3) is 11.7 Å². The number of carbonyl (C=O) groups is 2. The number of rotatable bonds is 9. The Balaban J connectivity index is 1.68. The molecule has 0 radical (unpaired) electrons. The number of halogens is 2. The van der Waals surface area contributed by atoms with Gasteiger partial charge in [-0.3, -0.25) is 14.5 Å². The molecule has 204 valence electrons. The van der Waals surface area contributed by atoms with Gasteiger partial charge in [0.1, 0.15) is 11.5 Å². The molecule has 2 heterocycles. The molecule has 2 fully saturated rings. The number of aryl methyl sites for hydroxylation is 1. The van der Waals surface area contributed by atoms with E-state index in [-0.39, 0.29) is 11.3 Å². The molecule has 1 N–H and O–H groups in total. The van der Waals surface area contributed by atoms with Gasteiger partial charge in [0, 0.05) is 31.7 Å². The van der Waals surface area contributed by atoms with E-state index >= 15 is 0 Å². The highest BCUT2D eigenvalue weighted by Gasteiger charge is 2.46. The van der Waals surface area contributed by atoms with Gasteiger partial charge < -0.3 is 19.5 Å². The number of aliphatic hydroxyl groups excluding tert-OH is 1. The van der Waals surface area contributed by atoms with Gasteiger partial charge in [-0.1, -0.05) is 43.1 Å². The Morgan fingerprint density at radius 3 is 2.47 bits per heavy atom. The normalized spacial score (nSPS) is 19.9. The van der Waals surface area contributed by atoms with Crippen molar-refractivity contribution < 1.29 is 24.2 Å². The van der Waals surface area contributed by atoms with Crippen LogP contribution in [0.15, 0.2) is 42.0 Å². The first-order valence-corrected chi connectivity index (χ1v) is 13.7. The molecule has 2 aromatic rings. The Bertz CT molecular complexity index is 1220. The van der Waals surface area contributed by atoms with E-state index in [4.69, 9.17) is 32.7 Å². The van der Waals surface area contributed by atoms with Crippen molar-refractivity contribution in [2.45, 2.75) is 33.2 Å². The second-order valence-electron chi connectivity index (χ2n) is 10.2. The SMILES string of the molecule is Cc1cc(/C(O)=C2/C(=O)C(=O)N(CCCN3CCOCC3)C2c2ccc(Cl)c(Cl)c2)ccc1OCC(C)C. The molecule has 2 aliphatic rings. The lowest BCUT2D eigenvalue weighted by atomic mass is 9.94. The van der Waals surface area contributed by atoms with Gasteiger partial charge in [0.2, 0.25) is 0 Å². The lowest BCUT2D eigenvalue weighted by molar-refractivity contribution is -0.140. The van der Waals surface area contributed by atoms with E-state index in [0.29, 0.717) is 65.6 Å². The van der Waals surface area contributed by atoms with Crippen LogP contribution in [0.2, 0.25) is 10.0 Å². The number of ketones is 1. The van der Waals surface area contributed by atoms with Gasteiger partial charge in [-0.2, -0.15) is 0 Å². The number of benzene rings is 2. The molecular formula is C29H34Cl2N2O5. The molecule has 2 aliphatic heterocycles. The number of ether oxygens (including phenoxy) is 2. The van der Waals surface area contributed by atoms with Crippen molar-refractivity contribution in [3.05, 3.63) is 68.7 Å². The largest absolute Gasteiger partial charge is 0.507 e. The Morgan fingerprint density at radius 2 is 1.82 bits per heavy atom. The van der Waals surface area contributed by atoms with Crippen LogP contribution >= 0.6 is 23.2 Å². The van der Waals surface area contributed by atoms with Gasteiger partial charge in [-0.05, 0) is 60.7 Å². The first-order valence-electron chi connectivity index (χ1n) is 12.9. The average Bonchev–Trinajstić information content (AvgIpc) is 3.14. The molecule has 0 spiro atoms. The second kappa shape index (κ2) is 12.5. The van der Waals surface area contributed by atoms with Crippen LogP contribution in [0.1, 0.15) is 43.0 Å². The van der Waals surface area contributed by atoms with Crippen molar-refractivity contribution in [3.8, 4) is 5.75 Å². The predicted molar refractivity (Wildman–Crippen MR) is 149 cm³/mol. The maximum atomic E-state index is 13.3. The summed E-state index contributed by atoms with van der Waals surface area (Å²) in [4.78, 5) is 30.4.